The summed E-state index contributed by atoms with van der Waals surface area (Å²) in [6, 6.07) is 3.60. The second-order valence-corrected chi connectivity index (χ2v) is 6.04. The minimum atomic E-state index is -0.361. The van der Waals surface area contributed by atoms with Crippen molar-refractivity contribution in [3.8, 4) is 11.5 Å². The topological polar surface area (TPSA) is 68.1 Å². The van der Waals surface area contributed by atoms with Gasteiger partial charge in [0.25, 0.3) is 5.69 Å². The smallest absolute Gasteiger partial charge is 0.277 e. The van der Waals surface area contributed by atoms with Gasteiger partial charge in [0.05, 0.1) is 25.2 Å². The molecule has 1 aliphatic rings. The average Bonchev–Trinajstić information content (AvgIpc) is 2.54. The Morgan fingerprint density at radius 1 is 1.26 bits per heavy atom. The maximum absolute atomic E-state index is 11.4. The number of nitro benzene ring substituents is 1. The predicted octanol–water partition coefficient (Wildman–Crippen LogP) is 2.14. The van der Waals surface area contributed by atoms with Crippen LogP contribution in [-0.2, 0) is 6.54 Å². The fourth-order valence-electron chi connectivity index (χ4n) is 3.04. The van der Waals surface area contributed by atoms with Gasteiger partial charge in [0, 0.05) is 18.2 Å². The maximum atomic E-state index is 11.4. The van der Waals surface area contributed by atoms with Crippen molar-refractivity contribution in [1.29, 1.82) is 0 Å². The van der Waals surface area contributed by atoms with Crippen molar-refractivity contribution < 1.29 is 14.4 Å². The van der Waals surface area contributed by atoms with Crippen LogP contribution < -0.4 is 9.47 Å². The van der Waals surface area contributed by atoms with Gasteiger partial charge in [-0.05, 0) is 46.1 Å². The molecule has 0 unspecified atom stereocenters. The van der Waals surface area contributed by atoms with Crippen LogP contribution in [0.25, 0.3) is 0 Å². The molecule has 1 aromatic carbocycles. The molecule has 0 bridgehead atoms. The number of piperidine rings is 1. The van der Waals surface area contributed by atoms with E-state index < -0.39 is 0 Å². The van der Waals surface area contributed by atoms with E-state index in [1.807, 2.05) is 7.05 Å². The van der Waals surface area contributed by atoms with Crippen LogP contribution in [0.3, 0.4) is 0 Å². The summed E-state index contributed by atoms with van der Waals surface area (Å²) < 4.78 is 10.4. The van der Waals surface area contributed by atoms with Crippen LogP contribution in [0.2, 0.25) is 0 Å². The van der Waals surface area contributed by atoms with Crippen LogP contribution in [0.4, 0.5) is 5.69 Å². The molecule has 0 radical (unpaired) electrons. The summed E-state index contributed by atoms with van der Waals surface area (Å²) in [7, 11) is 7.16. The van der Waals surface area contributed by atoms with Gasteiger partial charge in [0.15, 0.2) is 11.5 Å². The third kappa shape index (κ3) is 4.11. The minimum Gasteiger partial charge on any atom is -0.493 e. The fraction of sp³-hybridized carbons (Fsp3) is 0.625. The summed E-state index contributed by atoms with van der Waals surface area (Å²) in [5.74, 6) is 0.898. The lowest BCUT2D eigenvalue weighted by atomic mass is 10.0. The van der Waals surface area contributed by atoms with E-state index in [0.29, 0.717) is 29.6 Å². The Morgan fingerprint density at radius 3 is 2.35 bits per heavy atom. The van der Waals surface area contributed by atoms with Crippen molar-refractivity contribution in [2.75, 3.05) is 41.4 Å². The van der Waals surface area contributed by atoms with E-state index in [9.17, 15) is 10.1 Å². The van der Waals surface area contributed by atoms with E-state index in [1.54, 1.807) is 6.07 Å². The zero-order valence-electron chi connectivity index (χ0n) is 14.2. The SMILES string of the molecule is COc1cc(CN(C)C2CCN(C)CC2)c([N+](=O)[O-])cc1OC. The Labute approximate surface area is 136 Å². The number of ether oxygens (including phenoxy) is 2. The molecular formula is C16H25N3O4. The third-order valence-electron chi connectivity index (χ3n) is 4.51. The third-order valence-corrected chi connectivity index (χ3v) is 4.51. The summed E-state index contributed by atoms with van der Waals surface area (Å²) in [4.78, 5) is 15.5. The lowest BCUT2D eigenvalue weighted by molar-refractivity contribution is -0.385. The predicted molar refractivity (Wildman–Crippen MR) is 88.2 cm³/mol. The van der Waals surface area contributed by atoms with Gasteiger partial charge >= 0.3 is 0 Å². The van der Waals surface area contributed by atoms with Gasteiger partial charge in [-0.1, -0.05) is 0 Å². The van der Waals surface area contributed by atoms with Crippen LogP contribution in [-0.4, -0.2) is 62.2 Å². The van der Waals surface area contributed by atoms with Crippen molar-refractivity contribution in [2.45, 2.75) is 25.4 Å². The van der Waals surface area contributed by atoms with Crippen LogP contribution in [0.1, 0.15) is 18.4 Å². The molecule has 23 heavy (non-hydrogen) atoms. The summed E-state index contributed by atoms with van der Waals surface area (Å²) in [5, 5.41) is 11.4. The van der Waals surface area contributed by atoms with Gasteiger partial charge in [-0.25, -0.2) is 0 Å². The fourth-order valence-corrected chi connectivity index (χ4v) is 3.04. The molecule has 0 aliphatic carbocycles. The molecule has 1 fully saturated rings. The van der Waals surface area contributed by atoms with Crippen LogP contribution in [0.15, 0.2) is 12.1 Å². The van der Waals surface area contributed by atoms with Crippen LogP contribution in [0.5, 0.6) is 11.5 Å². The van der Waals surface area contributed by atoms with Gasteiger partial charge in [0.2, 0.25) is 0 Å². The van der Waals surface area contributed by atoms with Crippen LogP contribution >= 0.6 is 0 Å². The molecule has 0 saturated carbocycles. The van der Waals surface area contributed by atoms with Gasteiger partial charge < -0.3 is 14.4 Å². The standard InChI is InChI=1S/C16H25N3O4/c1-17-7-5-13(6-8-17)18(2)11-12-9-15(22-3)16(23-4)10-14(12)19(20)21/h9-10,13H,5-8,11H2,1-4H3. The molecule has 2 rings (SSSR count). The second kappa shape index (κ2) is 7.61. The molecule has 1 aliphatic heterocycles. The number of benzene rings is 1. The van der Waals surface area contributed by atoms with E-state index in [4.69, 9.17) is 9.47 Å². The van der Waals surface area contributed by atoms with Gasteiger partial charge in [-0.2, -0.15) is 0 Å². The van der Waals surface area contributed by atoms with Gasteiger partial charge in [-0.3, -0.25) is 15.0 Å². The molecule has 7 heteroatoms. The maximum Gasteiger partial charge on any atom is 0.277 e. The first-order valence-corrected chi connectivity index (χ1v) is 7.74. The Kier molecular flexibility index (Phi) is 5.79. The summed E-state index contributed by atoms with van der Waals surface area (Å²) in [5.41, 5.74) is 0.719. The lowest BCUT2D eigenvalue weighted by Crippen LogP contribution is -2.41. The van der Waals surface area contributed by atoms with E-state index in [-0.39, 0.29) is 10.6 Å². The molecule has 7 nitrogen and oxygen atoms in total. The molecule has 0 atom stereocenters. The number of nitrogens with zero attached hydrogens (tertiary/aromatic N) is 3. The van der Waals surface area contributed by atoms with E-state index in [2.05, 4.69) is 16.8 Å². The largest absolute Gasteiger partial charge is 0.493 e. The minimum absolute atomic E-state index is 0.0717. The zero-order chi connectivity index (χ0) is 17.0. The number of likely N-dealkylation sites (tertiary alicyclic amines) is 1. The monoisotopic (exact) mass is 323 g/mol. The van der Waals surface area contributed by atoms with E-state index in [1.165, 1.54) is 20.3 Å². The Balaban J connectivity index is 2.21. The highest BCUT2D eigenvalue weighted by Gasteiger charge is 2.25. The van der Waals surface area contributed by atoms with E-state index in [0.717, 1.165) is 25.9 Å². The summed E-state index contributed by atoms with van der Waals surface area (Å²) in [6.45, 7) is 2.64. The first kappa shape index (κ1) is 17.5. The highest BCUT2D eigenvalue weighted by molar-refractivity contribution is 5.54. The lowest BCUT2D eigenvalue weighted by Gasteiger charge is -2.35. The van der Waals surface area contributed by atoms with Crippen molar-refractivity contribution in [2.24, 2.45) is 0 Å². The molecule has 1 aromatic rings. The highest BCUT2D eigenvalue weighted by atomic mass is 16.6. The van der Waals surface area contributed by atoms with Crippen molar-refractivity contribution in [3.63, 3.8) is 0 Å². The number of methoxy groups -OCH3 is 2. The Hall–Kier alpha value is -1.86. The molecule has 128 valence electrons. The molecular weight excluding hydrogens is 298 g/mol. The molecule has 0 amide bonds. The van der Waals surface area contributed by atoms with Crippen LogP contribution in [0, 0.1) is 10.1 Å². The van der Waals surface area contributed by atoms with Crippen molar-refractivity contribution in [3.05, 3.63) is 27.8 Å². The summed E-state index contributed by atoms with van der Waals surface area (Å²) >= 11 is 0. The van der Waals surface area contributed by atoms with Crippen molar-refractivity contribution in [1.82, 2.24) is 9.80 Å². The highest BCUT2D eigenvalue weighted by Crippen LogP contribution is 2.35. The molecule has 0 aromatic heterocycles. The molecule has 0 N–H and O–H groups in total. The Morgan fingerprint density at radius 2 is 1.83 bits per heavy atom. The first-order chi connectivity index (χ1) is 11.0. The van der Waals surface area contributed by atoms with Gasteiger partial charge in [0.1, 0.15) is 0 Å². The second-order valence-electron chi connectivity index (χ2n) is 6.04. The summed E-state index contributed by atoms with van der Waals surface area (Å²) in [6.07, 6.45) is 2.15. The number of nitro groups is 1. The average molecular weight is 323 g/mol. The molecule has 1 heterocycles. The van der Waals surface area contributed by atoms with E-state index >= 15 is 0 Å². The molecule has 1 saturated heterocycles. The number of rotatable bonds is 6. The number of hydrogen-bond donors (Lipinski definition) is 0. The first-order valence-electron chi connectivity index (χ1n) is 7.74. The Bertz CT molecular complexity index is 557. The zero-order valence-corrected chi connectivity index (χ0v) is 14.2. The number of hydrogen-bond acceptors (Lipinski definition) is 6. The van der Waals surface area contributed by atoms with Gasteiger partial charge in [-0.15, -0.1) is 0 Å². The normalized spacial score (nSPS) is 16.6. The molecule has 0 spiro atoms. The quantitative estimate of drug-likeness (QED) is 0.590. The van der Waals surface area contributed by atoms with Crippen molar-refractivity contribution >= 4 is 5.69 Å².